The normalized spacial score (nSPS) is 10.7. The monoisotopic (exact) mass is 265 g/mol. The van der Waals surface area contributed by atoms with Gasteiger partial charge in [-0.1, -0.05) is 23.5 Å². The van der Waals surface area contributed by atoms with E-state index in [1.807, 2.05) is 27.1 Å². The van der Waals surface area contributed by atoms with Gasteiger partial charge in [-0.15, -0.1) is 0 Å². The minimum atomic E-state index is -0.233. The van der Waals surface area contributed by atoms with E-state index < -0.39 is 0 Å². The molecule has 0 aliphatic rings. The molecule has 0 saturated heterocycles. The zero-order chi connectivity index (χ0) is 13.1. The summed E-state index contributed by atoms with van der Waals surface area (Å²) in [6.45, 7) is 2.76. The number of hydrogen-bond donors (Lipinski definition) is 1. The van der Waals surface area contributed by atoms with Gasteiger partial charge in [0.2, 0.25) is 0 Å². The predicted molar refractivity (Wildman–Crippen MR) is 74.1 cm³/mol. The van der Waals surface area contributed by atoms with Crippen LogP contribution in [0.2, 0.25) is 0 Å². The maximum atomic E-state index is 13.7. The van der Waals surface area contributed by atoms with Crippen molar-refractivity contribution in [2.45, 2.75) is 13.5 Å². The summed E-state index contributed by atoms with van der Waals surface area (Å²) in [6, 6.07) is 6.72. The fourth-order valence-electron chi connectivity index (χ4n) is 1.71. The lowest BCUT2D eigenvalue weighted by Gasteiger charge is -2.16. The van der Waals surface area contributed by atoms with Gasteiger partial charge in [-0.2, -0.15) is 0 Å². The average Bonchev–Trinajstić information content (AvgIpc) is 2.71. The third-order valence-corrected chi connectivity index (χ3v) is 3.95. The van der Waals surface area contributed by atoms with Crippen LogP contribution in [0.15, 0.2) is 24.3 Å². The Balaban J connectivity index is 2.31. The quantitative estimate of drug-likeness (QED) is 0.921. The molecule has 1 N–H and O–H groups in total. The van der Waals surface area contributed by atoms with E-state index in [-0.39, 0.29) is 5.82 Å². The summed E-state index contributed by atoms with van der Waals surface area (Å²) in [7, 11) is 3.74. The molecule has 2 rings (SSSR count). The summed E-state index contributed by atoms with van der Waals surface area (Å²) in [5.41, 5.74) is 1.54. The number of halogens is 1. The average molecular weight is 265 g/mol. The van der Waals surface area contributed by atoms with E-state index >= 15 is 0 Å². The van der Waals surface area contributed by atoms with Gasteiger partial charge < -0.3 is 10.2 Å². The lowest BCUT2D eigenvalue weighted by Crippen LogP contribution is -2.10. The Labute approximate surface area is 110 Å². The summed E-state index contributed by atoms with van der Waals surface area (Å²) in [5, 5.41) is 3.91. The Morgan fingerprint density at radius 2 is 2.11 bits per heavy atom. The van der Waals surface area contributed by atoms with Gasteiger partial charge >= 0.3 is 0 Å². The summed E-state index contributed by atoms with van der Waals surface area (Å²) < 4.78 is 13.7. The largest absolute Gasteiger partial charge is 0.318 e. The molecular weight excluding hydrogens is 249 g/mol. The Hall–Kier alpha value is -1.46. The fraction of sp³-hybridized carbons (Fsp3) is 0.308. The molecule has 1 heterocycles. The number of hydrogen-bond acceptors (Lipinski definition) is 4. The van der Waals surface area contributed by atoms with Gasteiger partial charge in [-0.05, 0) is 26.1 Å². The van der Waals surface area contributed by atoms with Crippen molar-refractivity contribution in [3.05, 3.63) is 40.7 Å². The van der Waals surface area contributed by atoms with Crippen LogP contribution in [0.25, 0.3) is 0 Å². The van der Waals surface area contributed by atoms with Crippen molar-refractivity contribution >= 4 is 22.2 Å². The molecular formula is C13H16FN3S. The smallest absolute Gasteiger partial charge is 0.190 e. The van der Waals surface area contributed by atoms with Crippen molar-refractivity contribution in [1.29, 1.82) is 0 Å². The van der Waals surface area contributed by atoms with Crippen LogP contribution in [0.3, 0.4) is 0 Å². The van der Waals surface area contributed by atoms with E-state index in [0.717, 1.165) is 17.4 Å². The van der Waals surface area contributed by atoms with E-state index in [1.54, 1.807) is 28.4 Å². The van der Waals surface area contributed by atoms with Crippen LogP contribution >= 0.6 is 11.3 Å². The Bertz CT molecular complexity index is 539. The van der Waals surface area contributed by atoms with E-state index in [9.17, 15) is 4.39 Å². The molecule has 1 aromatic carbocycles. The number of thiazole rings is 1. The van der Waals surface area contributed by atoms with Crippen molar-refractivity contribution in [2.24, 2.45) is 0 Å². The van der Waals surface area contributed by atoms with Crippen molar-refractivity contribution in [3.63, 3.8) is 0 Å². The van der Waals surface area contributed by atoms with Gasteiger partial charge in [0.15, 0.2) is 5.13 Å². The van der Waals surface area contributed by atoms with E-state index in [4.69, 9.17) is 0 Å². The number of anilines is 2. The highest BCUT2D eigenvalue weighted by Crippen LogP contribution is 2.31. The van der Waals surface area contributed by atoms with Crippen molar-refractivity contribution in [3.8, 4) is 0 Å². The number of rotatable bonds is 4. The molecule has 0 atom stereocenters. The van der Waals surface area contributed by atoms with Gasteiger partial charge in [0.05, 0.1) is 11.4 Å². The molecule has 0 saturated carbocycles. The van der Waals surface area contributed by atoms with Crippen LogP contribution in [0.4, 0.5) is 15.2 Å². The molecule has 0 aliphatic carbocycles. The first-order valence-electron chi connectivity index (χ1n) is 5.72. The van der Waals surface area contributed by atoms with Crippen LogP contribution in [0, 0.1) is 12.7 Å². The van der Waals surface area contributed by atoms with Crippen LogP contribution in [0.5, 0.6) is 0 Å². The number of para-hydroxylation sites is 1. The highest BCUT2D eigenvalue weighted by molar-refractivity contribution is 7.15. The maximum Gasteiger partial charge on any atom is 0.190 e. The van der Waals surface area contributed by atoms with Gasteiger partial charge in [-0.3, -0.25) is 0 Å². The minimum Gasteiger partial charge on any atom is -0.318 e. The molecule has 0 bridgehead atoms. The van der Waals surface area contributed by atoms with Crippen molar-refractivity contribution < 1.29 is 4.39 Å². The Kier molecular flexibility index (Phi) is 3.93. The molecule has 0 aliphatic heterocycles. The molecule has 0 fully saturated rings. The Morgan fingerprint density at radius 1 is 1.39 bits per heavy atom. The zero-order valence-electron chi connectivity index (χ0n) is 10.7. The number of nitrogens with zero attached hydrogens (tertiary/aromatic N) is 2. The highest BCUT2D eigenvalue weighted by atomic mass is 32.1. The highest BCUT2D eigenvalue weighted by Gasteiger charge is 2.14. The van der Waals surface area contributed by atoms with Crippen molar-refractivity contribution in [1.82, 2.24) is 10.3 Å². The number of benzene rings is 1. The molecule has 96 valence electrons. The third-order valence-electron chi connectivity index (χ3n) is 2.72. The molecule has 0 unspecified atom stereocenters. The van der Waals surface area contributed by atoms with E-state index in [0.29, 0.717) is 5.69 Å². The first-order chi connectivity index (χ1) is 8.63. The molecule has 1 aromatic heterocycles. The van der Waals surface area contributed by atoms with Crippen LogP contribution < -0.4 is 10.2 Å². The summed E-state index contributed by atoms with van der Waals surface area (Å²) in [6.07, 6.45) is 0. The fourth-order valence-corrected chi connectivity index (χ4v) is 2.76. The lowest BCUT2D eigenvalue weighted by molar-refractivity contribution is 0.627. The summed E-state index contributed by atoms with van der Waals surface area (Å²) >= 11 is 1.58. The van der Waals surface area contributed by atoms with E-state index in [2.05, 4.69) is 10.3 Å². The van der Waals surface area contributed by atoms with Gasteiger partial charge in [0.25, 0.3) is 0 Å². The first kappa shape index (κ1) is 13.0. The number of aromatic nitrogens is 1. The topological polar surface area (TPSA) is 28.2 Å². The molecule has 5 heteroatoms. The van der Waals surface area contributed by atoms with Gasteiger partial charge in [-0.25, -0.2) is 9.37 Å². The predicted octanol–water partition coefficient (Wildman–Crippen LogP) is 3.08. The second kappa shape index (κ2) is 5.46. The van der Waals surface area contributed by atoms with Crippen LogP contribution in [-0.4, -0.2) is 19.1 Å². The third kappa shape index (κ3) is 2.52. The Morgan fingerprint density at radius 3 is 2.78 bits per heavy atom. The molecule has 0 amide bonds. The molecule has 2 aromatic rings. The summed E-state index contributed by atoms with van der Waals surface area (Å²) in [5.74, 6) is -0.233. The number of aryl methyl sites for hydroxylation is 1. The standard InChI is InChI=1S/C13H16FN3S/c1-9-12(8-15-2)18-13(16-9)17(3)11-7-5-4-6-10(11)14/h4-7,15H,8H2,1-3H3. The van der Waals surface area contributed by atoms with E-state index in [1.165, 1.54) is 10.9 Å². The molecule has 3 nitrogen and oxygen atoms in total. The minimum absolute atomic E-state index is 0.233. The van der Waals surface area contributed by atoms with Crippen LogP contribution in [0.1, 0.15) is 10.6 Å². The lowest BCUT2D eigenvalue weighted by atomic mass is 10.3. The zero-order valence-corrected chi connectivity index (χ0v) is 11.5. The first-order valence-corrected chi connectivity index (χ1v) is 6.54. The van der Waals surface area contributed by atoms with Gasteiger partial charge in [0, 0.05) is 18.5 Å². The van der Waals surface area contributed by atoms with Crippen LogP contribution in [-0.2, 0) is 6.54 Å². The van der Waals surface area contributed by atoms with Crippen molar-refractivity contribution in [2.75, 3.05) is 19.0 Å². The molecule has 0 spiro atoms. The second-order valence-corrected chi connectivity index (χ2v) is 5.11. The molecule has 18 heavy (non-hydrogen) atoms. The second-order valence-electron chi connectivity index (χ2n) is 4.05. The SMILES string of the molecule is CNCc1sc(N(C)c2ccccc2F)nc1C. The summed E-state index contributed by atoms with van der Waals surface area (Å²) in [4.78, 5) is 7.44. The molecule has 0 radical (unpaired) electrons. The maximum absolute atomic E-state index is 13.7. The van der Waals surface area contributed by atoms with Gasteiger partial charge in [0.1, 0.15) is 5.82 Å². The number of nitrogens with one attached hydrogen (secondary N) is 1.